The van der Waals surface area contributed by atoms with Gasteiger partial charge >= 0.3 is 0 Å². The Balaban J connectivity index is 1.98. The Morgan fingerprint density at radius 3 is 2.82 bits per heavy atom. The second-order valence-electron chi connectivity index (χ2n) is 4.25. The normalized spacial score (nSPS) is 12.6. The monoisotopic (exact) mass is 265 g/mol. The maximum absolute atomic E-state index is 6.20. The fraction of sp³-hybridized carbons (Fsp3) is 0.286. The molecule has 2 rings (SSSR count). The molecule has 1 aromatic carbocycles. The SMILES string of the molecule is Cc1ccc(CNC(C)c2ccsc2)c(Cl)c1. The first-order chi connectivity index (χ1) is 8.16. The van der Waals surface area contributed by atoms with Gasteiger partial charge < -0.3 is 5.32 Å². The number of hydrogen-bond acceptors (Lipinski definition) is 2. The molecule has 0 radical (unpaired) electrons. The maximum Gasteiger partial charge on any atom is 0.0453 e. The van der Waals surface area contributed by atoms with Crippen LogP contribution in [0.25, 0.3) is 0 Å². The number of nitrogens with one attached hydrogen (secondary N) is 1. The summed E-state index contributed by atoms with van der Waals surface area (Å²) in [6.07, 6.45) is 0. The van der Waals surface area contributed by atoms with Gasteiger partial charge in [0.05, 0.1) is 0 Å². The van der Waals surface area contributed by atoms with Crippen molar-refractivity contribution in [3.05, 3.63) is 56.7 Å². The van der Waals surface area contributed by atoms with Crippen molar-refractivity contribution in [2.75, 3.05) is 0 Å². The molecule has 0 saturated carbocycles. The summed E-state index contributed by atoms with van der Waals surface area (Å²) >= 11 is 7.93. The Kier molecular flexibility index (Phi) is 4.21. The molecule has 0 aliphatic rings. The first kappa shape index (κ1) is 12.6. The van der Waals surface area contributed by atoms with Gasteiger partial charge in [0.15, 0.2) is 0 Å². The summed E-state index contributed by atoms with van der Waals surface area (Å²) in [5.74, 6) is 0. The van der Waals surface area contributed by atoms with Crippen LogP contribution >= 0.6 is 22.9 Å². The molecule has 0 bridgehead atoms. The molecular formula is C14H16ClNS. The summed E-state index contributed by atoms with van der Waals surface area (Å²) in [7, 11) is 0. The lowest BCUT2D eigenvalue weighted by Crippen LogP contribution is -2.17. The minimum atomic E-state index is 0.360. The largest absolute Gasteiger partial charge is 0.306 e. The average molecular weight is 266 g/mol. The summed E-state index contributed by atoms with van der Waals surface area (Å²) in [6.45, 7) is 5.03. The first-order valence-electron chi connectivity index (χ1n) is 5.67. The molecule has 1 N–H and O–H groups in total. The van der Waals surface area contributed by atoms with E-state index in [1.54, 1.807) is 11.3 Å². The van der Waals surface area contributed by atoms with Crippen molar-refractivity contribution in [3.63, 3.8) is 0 Å². The lowest BCUT2D eigenvalue weighted by molar-refractivity contribution is 0.576. The van der Waals surface area contributed by atoms with E-state index in [1.165, 1.54) is 11.1 Å². The average Bonchev–Trinajstić information content (AvgIpc) is 2.81. The van der Waals surface area contributed by atoms with Crippen molar-refractivity contribution in [2.24, 2.45) is 0 Å². The van der Waals surface area contributed by atoms with Gasteiger partial charge in [-0.3, -0.25) is 0 Å². The predicted octanol–water partition coefficient (Wildman–Crippen LogP) is 4.56. The maximum atomic E-state index is 6.20. The minimum Gasteiger partial charge on any atom is -0.306 e. The van der Waals surface area contributed by atoms with Gasteiger partial charge in [-0.25, -0.2) is 0 Å². The number of rotatable bonds is 4. The lowest BCUT2D eigenvalue weighted by Gasteiger charge is -2.13. The number of hydrogen-bond donors (Lipinski definition) is 1. The Morgan fingerprint density at radius 1 is 1.35 bits per heavy atom. The van der Waals surface area contributed by atoms with E-state index in [0.29, 0.717) is 6.04 Å². The lowest BCUT2D eigenvalue weighted by atomic mass is 10.1. The number of thiophene rings is 1. The van der Waals surface area contributed by atoms with Gasteiger partial charge in [0, 0.05) is 17.6 Å². The number of benzene rings is 1. The number of aryl methyl sites for hydroxylation is 1. The molecule has 1 aromatic heterocycles. The summed E-state index contributed by atoms with van der Waals surface area (Å²) < 4.78 is 0. The van der Waals surface area contributed by atoms with Crippen molar-refractivity contribution < 1.29 is 0 Å². The van der Waals surface area contributed by atoms with E-state index < -0.39 is 0 Å². The highest BCUT2D eigenvalue weighted by molar-refractivity contribution is 7.07. The zero-order valence-corrected chi connectivity index (χ0v) is 11.6. The highest BCUT2D eigenvalue weighted by Crippen LogP contribution is 2.20. The minimum absolute atomic E-state index is 0.360. The van der Waals surface area contributed by atoms with Crippen LogP contribution in [-0.4, -0.2) is 0 Å². The van der Waals surface area contributed by atoms with E-state index >= 15 is 0 Å². The zero-order valence-electron chi connectivity index (χ0n) is 10.0. The van der Waals surface area contributed by atoms with Crippen LogP contribution in [0.2, 0.25) is 5.02 Å². The van der Waals surface area contributed by atoms with Gasteiger partial charge in [-0.1, -0.05) is 23.7 Å². The zero-order chi connectivity index (χ0) is 12.3. The van der Waals surface area contributed by atoms with Crippen LogP contribution in [0.5, 0.6) is 0 Å². The van der Waals surface area contributed by atoms with E-state index in [2.05, 4.69) is 48.1 Å². The van der Waals surface area contributed by atoms with Crippen molar-refractivity contribution in [2.45, 2.75) is 26.4 Å². The Morgan fingerprint density at radius 2 is 2.18 bits per heavy atom. The molecule has 0 fully saturated rings. The smallest absolute Gasteiger partial charge is 0.0453 e. The van der Waals surface area contributed by atoms with Crippen molar-refractivity contribution in [1.82, 2.24) is 5.32 Å². The molecule has 3 heteroatoms. The van der Waals surface area contributed by atoms with Crippen LogP contribution in [0.3, 0.4) is 0 Å². The van der Waals surface area contributed by atoms with Gasteiger partial charge in [-0.2, -0.15) is 11.3 Å². The van der Waals surface area contributed by atoms with Crippen LogP contribution in [0.1, 0.15) is 29.7 Å². The molecule has 0 saturated heterocycles. The van der Waals surface area contributed by atoms with Crippen LogP contribution in [-0.2, 0) is 6.54 Å². The molecule has 90 valence electrons. The van der Waals surface area contributed by atoms with Gasteiger partial charge in [-0.15, -0.1) is 0 Å². The quantitative estimate of drug-likeness (QED) is 0.855. The van der Waals surface area contributed by atoms with E-state index in [1.807, 2.05) is 6.07 Å². The predicted molar refractivity (Wildman–Crippen MR) is 75.8 cm³/mol. The summed E-state index contributed by atoms with van der Waals surface area (Å²) in [6, 6.07) is 8.70. The Hall–Kier alpha value is -0.830. The molecule has 1 unspecified atom stereocenters. The van der Waals surface area contributed by atoms with E-state index in [-0.39, 0.29) is 0 Å². The molecule has 0 aliphatic heterocycles. The third-order valence-electron chi connectivity index (χ3n) is 2.85. The third kappa shape index (κ3) is 3.32. The van der Waals surface area contributed by atoms with Crippen molar-refractivity contribution >= 4 is 22.9 Å². The second-order valence-corrected chi connectivity index (χ2v) is 5.44. The van der Waals surface area contributed by atoms with Gasteiger partial charge in [0.2, 0.25) is 0 Å². The van der Waals surface area contributed by atoms with E-state index in [0.717, 1.165) is 17.1 Å². The van der Waals surface area contributed by atoms with Crippen LogP contribution < -0.4 is 5.32 Å². The fourth-order valence-electron chi connectivity index (χ4n) is 1.70. The first-order valence-corrected chi connectivity index (χ1v) is 6.99. The second kappa shape index (κ2) is 5.67. The molecule has 2 aromatic rings. The molecule has 1 heterocycles. The standard InChI is InChI=1S/C14H16ClNS/c1-10-3-4-12(14(15)7-10)8-16-11(2)13-5-6-17-9-13/h3-7,9,11,16H,8H2,1-2H3. The molecule has 0 aliphatic carbocycles. The van der Waals surface area contributed by atoms with Gasteiger partial charge in [0.1, 0.15) is 0 Å². The Bertz CT molecular complexity index is 479. The Labute approximate surface area is 111 Å². The summed E-state index contributed by atoms with van der Waals surface area (Å²) in [4.78, 5) is 0. The van der Waals surface area contributed by atoms with Gasteiger partial charge in [-0.05, 0) is 53.4 Å². The molecule has 17 heavy (non-hydrogen) atoms. The van der Waals surface area contributed by atoms with Crippen LogP contribution in [0.4, 0.5) is 0 Å². The van der Waals surface area contributed by atoms with Crippen LogP contribution in [0, 0.1) is 6.92 Å². The summed E-state index contributed by atoms with van der Waals surface area (Å²) in [5.41, 5.74) is 3.68. The topological polar surface area (TPSA) is 12.0 Å². The van der Waals surface area contributed by atoms with E-state index in [9.17, 15) is 0 Å². The third-order valence-corrected chi connectivity index (χ3v) is 3.90. The molecule has 1 nitrogen and oxygen atoms in total. The van der Waals surface area contributed by atoms with Crippen LogP contribution in [0.15, 0.2) is 35.0 Å². The van der Waals surface area contributed by atoms with Gasteiger partial charge in [0.25, 0.3) is 0 Å². The fourth-order valence-corrected chi connectivity index (χ4v) is 2.75. The number of halogens is 1. The molecule has 1 atom stereocenters. The molecule has 0 spiro atoms. The molecule has 0 amide bonds. The van der Waals surface area contributed by atoms with Crippen molar-refractivity contribution in [3.8, 4) is 0 Å². The molecular weight excluding hydrogens is 250 g/mol. The highest BCUT2D eigenvalue weighted by atomic mass is 35.5. The summed E-state index contributed by atoms with van der Waals surface area (Å²) in [5, 5.41) is 8.60. The van der Waals surface area contributed by atoms with Crippen molar-refractivity contribution in [1.29, 1.82) is 0 Å². The van der Waals surface area contributed by atoms with E-state index in [4.69, 9.17) is 11.6 Å². The highest BCUT2D eigenvalue weighted by Gasteiger charge is 2.06.